The van der Waals surface area contributed by atoms with Gasteiger partial charge in [-0.3, -0.25) is 0 Å². The predicted molar refractivity (Wildman–Crippen MR) is 40.9 cm³/mol. The molecule has 2 nitrogen and oxygen atoms in total. The number of hydrogen-bond donors (Lipinski definition) is 2. The molecule has 0 fully saturated rings. The van der Waals surface area contributed by atoms with Gasteiger partial charge in [-0.2, -0.15) is 0 Å². The van der Waals surface area contributed by atoms with E-state index < -0.39 is 0 Å². The third-order valence-electron chi connectivity index (χ3n) is 0.976. The Morgan fingerprint density at radius 3 is 2.56 bits per heavy atom. The van der Waals surface area contributed by atoms with E-state index in [1.807, 2.05) is 14.0 Å². The molecule has 0 aliphatic carbocycles. The van der Waals surface area contributed by atoms with E-state index in [1.54, 1.807) is 6.08 Å². The van der Waals surface area contributed by atoms with Crippen LogP contribution in [0.4, 0.5) is 0 Å². The second kappa shape index (κ2) is 4.27. The van der Waals surface area contributed by atoms with Gasteiger partial charge in [0.15, 0.2) is 0 Å². The maximum atomic E-state index is 5.68. The van der Waals surface area contributed by atoms with Crippen LogP contribution in [-0.4, -0.2) is 7.05 Å². The molecule has 0 saturated carbocycles. The minimum absolute atomic E-state index is 0.639. The SMILES string of the molecule is CN/C(C)=C(Cl)\C=C/N. The molecule has 0 spiro atoms. The molecular formula is C6H11ClN2. The Kier molecular flexibility index (Phi) is 3.97. The molecule has 0 aliphatic rings. The average molecular weight is 147 g/mol. The first kappa shape index (κ1) is 8.37. The fourth-order valence-electron chi connectivity index (χ4n) is 0.329. The normalized spacial score (nSPS) is 13.7. The van der Waals surface area contributed by atoms with Crippen LogP contribution >= 0.6 is 11.6 Å². The molecule has 0 amide bonds. The molecule has 0 heterocycles. The van der Waals surface area contributed by atoms with Crippen LogP contribution in [0.25, 0.3) is 0 Å². The van der Waals surface area contributed by atoms with Crippen LogP contribution in [0.3, 0.4) is 0 Å². The van der Waals surface area contributed by atoms with E-state index in [-0.39, 0.29) is 0 Å². The number of hydrogen-bond acceptors (Lipinski definition) is 2. The Morgan fingerprint density at radius 1 is 1.67 bits per heavy atom. The largest absolute Gasteiger partial charge is 0.405 e. The zero-order valence-corrected chi connectivity index (χ0v) is 6.37. The number of allylic oxidation sites excluding steroid dienone is 3. The summed E-state index contributed by atoms with van der Waals surface area (Å²) < 4.78 is 0. The molecule has 0 aliphatic heterocycles. The summed E-state index contributed by atoms with van der Waals surface area (Å²) in [6.07, 6.45) is 3.04. The van der Waals surface area contributed by atoms with Gasteiger partial charge in [-0.15, -0.1) is 0 Å². The van der Waals surface area contributed by atoms with Gasteiger partial charge in [-0.05, 0) is 19.2 Å². The predicted octanol–water partition coefficient (Wildman–Crippen LogP) is 1.15. The van der Waals surface area contributed by atoms with Crippen LogP contribution in [-0.2, 0) is 0 Å². The molecule has 0 radical (unpaired) electrons. The highest BCUT2D eigenvalue weighted by Crippen LogP contribution is 2.06. The first-order valence-corrected chi connectivity index (χ1v) is 3.02. The summed E-state index contributed by atoms with van der Waals surface area (Å²) in [5, 5.41) is 3.53. The van der Waals surface area contributed by atoms with Crippen molar-refractivity contribution in [1.29, 1.82) is 0 Å². The lowest BCUT2D eigenvalue weighted by molar-refractivity contribution is 0.985. The van der Waals surface area contributed by atoms with Gasteiger partial charge >= 0.3 is 0 Å². The molecule has 3 heteroatoms. The van der Waals surface area contributed by atoms with E-state index >= 15 is 0 Å². The Labute approximate surface area is 60.4 Å². The van der Waals surface area contributed by atoms with Crippen molar-refractivity contribution in [2.75, 3.05) is 7.05 Å². The van der Waals surface area contributed by atoms with Gasteiger partial charge in [0, 0.05) is 12.7 Å². The summed E-state index contributed by atoms with van der Waals surface area (Å²) in [6.45, 7) is 1.88. The van der Waals surface area contributed by atoms with Gasteiger partial charge in [0.25, 0.3) is 0 Å². The molecule has 0 saturated heterocycles. The van der Waals surface area contributed by atoms with Crippen molar-refractivity contribution < 1.29 is 0 Å². The van der Waals surface area contributed by atoms with Crippen LogP contribution < -0.4 is 11.1 Å². The molecule has 0 atom stereocenters. The number of rotatable bonds is 2. The summed E-state index contributed by atoms with van der Waals surface area (Å²) in [5.41, 5.74) is 6.01. The van der Waals surface area contributed by atoms with Gasteiger partial charge in [-0.1, -0.05) is 11.6 Å². The molecular weight excluding hydrogens is 136 g/mol. The van der Waals surface area contributed by atoms with Gasteiger partial charge in [0.05, 0.1) is 5.03 Å². The van der Waals surface area contributed by atoms with Crippen molar-refractivity contribution in [3.8, 4) is 0 Å². The van der Waals surface area contributed by atoms with E-state index in [1.165, 1.54) is 6.20 Å². The molecule has 0 bridgehead atoms. The Balaban J connectivity index is 4.10. The van der Waals surface area contributed by atoms with Crippen molar-refractivity contribution >= 4 is 11.6 Å². The summed E-state index contributed by atoms with van der Waals surface area (Å²) in [5.74, 6) is 0. The van der Waals surface area contributed by atoms with E-state index in [2.05, 4.69) is 5.32 Å². The Morgan fingerprint density at radius 2 is 2.22 bits per heavy atom. The second-order valence-corrected chi connectivity index (χ2v) is 1.99. The maximum absolute atomic E-state index is 5.68. The zero-order valence-electron chi connectivity index (χ0n) is 5.61. The molecule has 9 heavy (non-hydrogen) atoms. The summed E-state index contributed by atoms with van der Waals surface area (Å²) in [6, 6.07) is 0. The zero-order chi connectivity index (χ0) is 7.28. The highest BCUT2D eigenvalue weighted by molar-refractivity contribution is 6.31. The molecule has 3 N–H and O–H groups in total. The maximum Gasteiger partial charge on any atom is 0.0606 e. The van der Waals surface area contributed by atoms with Crippen LogP contribution in [0.1, 0.15) is 6.92 Å². The van der Waals surface area contributed by atoms with Crippen LogP contribution in [0.5, 0.6) is 0 Å². The first-order chi connectivity index (χ1) is 4.22. The summed E-state index contributed by atoms with van der Waals surface area (Å²) in [4.78, 5) is 0. The lowest BCUT2D eigenvalue weighted by Gasteiger charge is -1.98. The van der Waals surface area contributed by atoms with Crippen LogP contribution in [0, 0.1) is 0 Å². The fraction of sp³-hybridized carbons (Fsp3) is 0.333. The molecule has 0 unspecified atom stereocenters. The van der Waals surface area contributed by atoms with Gasteiger partial charge in [0.2, 0.25) is 0 Å². The van der Waals surface area contributed by atoms with Crippen LogP contribution in [0.2, 0.25) is 0 Å². The van der Waals surface area contributed by atoms with Crippen molar-refractivity contribution in [2.45, 2.75) is 6.92 Å². The Hall–Kier alpha value is -0.630. The van der Waals surface area contributed by atoms with E-state index in [9.17, 15) is 0 Å². The fourth-order valence-corrected chi connectivity index (χ4v) is 0.496. The summed E-state index contributed by atoms with van der Waals surface area (Å²) in [7, 11) is 1.81. The molecule has 0 rings (SSSR count). The number of halogens is 1. The minimum Gasteiger partial charge on any atom is -0.405 e. The van der Waals surface area contributed by atoms with Crippen molar-refractivity contribution in [3.05, 3.63) is 23.0 Å². The van der Waals surface area contributed by atoms with Gasteiger partial charge < -0.3 is 11.1 Å². The van der Waals surface area contributed by atoms with Crippen LogP contribution in [0.15, 0.2) is 23.0 Å². The van der Waals surface area contributed by atoms with Gasteiger partial charge in [-0.25, -0.2) is 0 Å². The number of nitrogens with one attached hydrogen (secondary N) is 1. The monoisotopic (exact) mass is 146 g/mol. The van der Waals surface area contributed by atoms with E-state index in [0.717, 1.165) is 5.70 Å². The highest BCUT2D eigenvalue weighted by Gasteiger charge is 1.88. The molecule has 0 aromatic rings. The lowest BCUT2D eigenvalue weighted by Crippen LogP contribution is -2.02. The summed E-state index contributed by atoms with van der Waals surface area (Å²) >= 11 is 5.68. The van der Waals surface area contributed by atoms with Crippen molar-refractivity contribution in [3.63, 3.8) is 0 Å². The third-order valence-corrected chi connectivity index (χ3v) is 1.39. The highest BCUT2D eigenvalue weighted by atomic mass is 35.5. The average Bonchev–Trinajstić information content (AvgIpc) is 1.87. The lowest BCUT2D eigenvalue weighted by atomic mass is 10.4. The molecule has 0 aromatic carbocycles. The van der Waals surface area contributed by atoms with E-state index in [4.69, 9.17) is 17.3 Å². The third kappa shape index (κ3) is 3.03. The number of nitrogens with two attached hydrogens (primary N) is 1. The minimum atomic E-state index is 0.639. The quantitative estimate of drug-likeness (QED) is 0.574. The van der Waals surface area contributed by atoms with Crippen molar-refractivity contribution in [2.24, 2.45) is 5.73 Å². The topological polar surface area (TPSA) is 38.0 Å². The molecule has 0 aromatic heterocycles. The smallest absolute Gasteiger partial charge is 0.0606 e. The van der Waals surface area contributed by atoms with E-state index in [0.29, 0.717) is 5.03 Å². The van der Waals surface area contributed by atoms with Crippen molar-refractivity contribution in [1.82, 2.24) is 5.32 Å². The molecule has 52 valence electrons. The van der Waals surface area contributed by atoms with Gasteiger partial charge in [0.1, 0.15) is 0 Å². The second-order valence-electron chi connectivity index (χ2n) is 1.58. The standard InChI is InChI=1S/C6H11ClN2/c1-5(9-2)6(7)3-4-8/h3-4,9H,8H2,1-2H3/b4-3-,6-5+. The first-order valence-electron chi connectivity index (χ1n) is 2.64. The Bertz CT molecular complexity index is 138.